The van der Waals surface area contributed by atoms with E-state index in [9.17, 15) is 4.79 Å². The Hall–Kier alpha value is -0.710. The predicted octanol–water partition coefficient (Wildman–Crippen LogP) is 3.22. The molecule has 1 unspecified atom stereocenters. The second-order valence-electron chi connectivity index (χ2n) is 5.31. The van der Waals surface area contributed by atoms with Gasteiger partial charge < -0.3 is 0 Å². The van der Waals surface area contributed by atoms with Gasteiger partial charge in [0, 0.05) is 16.1 Å². The number of thioether (sulfide) groups is 1. The van der Waals surface area contributed by atoms with E-state index in [4.69, 9.17) is 11.6 Å². The molecule has 1 amide bonds. The van der Waals surface area contributed by atoms with E-state index in [0.717, 1.165) is 5.56 Å². The van der Waals surface area contributed by atoms with Crippen molar-refractivity contribution < 1.29 is 4.79 Å². The van der Waals surface area contributed by atoms with Crippen molar-refractivity contribution in [3.63, 3.8) is 0 Å². The average Bonchev–Trinajstić information content (AvgIpc) is 2.60. The first-order chi connectivity index (χ1) is 8.38. The van der Waals surface area contributed by atoms with Gasteiger partial charge in [0.2, 0.25) is 5.91 Å². The quantitative estimate of drug-likeness (QED) is 0.905. The van der Waals surface area contributed by atoms with Crippen LogP contribution < -0.4 is 5.43 Å². The Morgan fingerprint density at radius 2 is 2.06 bits per heavy atom. The van der Waals surface area contributed by atoms with Gasteiger partial charge in [0.15, 0.2) is 0 Å². The Bertz CT molecular complexity index is 459. The van der Waals surface area contributed by atoms with Crippen molar-refractivity contribution in [3.05, 3.63) is 34.9 Å². The van der Waals surface area contributed by atoms with E-state index in [-0.39, 0.29) is 16.8 Å². The van der Waals surface area contributed by atoms with Gasteiger partial charge in [0.25, 0.3) is 0 Å². The Morgan fingerprint density at radius 1 is 1.39 bits per heavy atom. The minimum atomic E-state index is -0.153. The molecule has 5 heteroatoms. The summed E-state index contributed by atoms with van der Waals surface area (Å²) in [5.74, 6) is 0.582. The third-order valence-electron chi connectivity index (χ3n) is 2.50. The maximum Gasteiger partial charge on any atom is 0.248 e. The van der Waals surface area contributed by atoms with Gasteiger partial charge in [-0.3, -0.25) is 9.80 Å². The van der Waals surface area contributed by atoms with Gasteiger partial charge in [0.05, 0.1) is 5.75 Å². The molecule has 3 nitrogen and oxygen atoms in total. The Morgan fingerprint density at radius 3 is 2.67 bits per heavy atom. The zero-order chi connectivity index (χ0) is 13.3. The fourth-order valence-corrected chi connectivity index (χ4v) is 3.26. The molecule has 18 heavy (non-hydrogen) atoms. The van der Waals surface area contributed by atoms with Gasteiger partial charge >= 0.3 is 0 Å². The molecule has 0 aromatic heterocycles. The summed E-state index contributed by atoms with van der Waals surface area (Å²) in [5.41, 5.74) is 4.07. The molecule has 1 aliphatic heterocycles. The molecule has 1 saturated heterocycles. The molecule has 0 aliphatic carbocycles. The standard InChI is InChI=1S/C13H17ClN2OS/c1-13(2,3)15-16-11(17)8-18-12(16)9-6-4-5-7-10(9)14/h4-7,12,15H,8H2,1-3H3. The zero-order valence-corrected chi connectivity index (χ0v) is 12.3. The molecular formula is C13H17ClN2OS. The second kappa shape index (κ2) is 5.11. The molecule has 2 rings (SSSR count). The summed E-state index contributed by atoms with van der Waals surface area (Å²) in [6.45, 7) is 6.10. The van der Waals surface area contributed by atoms with Gasteiger partial charge in [-0.15, -0.1) is 11.8 Å². The molecule has 0 saturated carbocycles. The van der Waals surface area contributed by atoms with E-state index in [1.54, 1.807) is 16.8 Å². The molecule has 1 aliphatic rings. The van der Waals surface area contributed by atoms with Crippen LogP contribution in [0.25, 0.3) is 0 Å². The molecular weight excluding hydrogens is 268 g/mol. The largest absolute Gasteiger partial charge is 0.272 e. The smallest absolute Gasteiger partial charge is 0.248 e. The number of carbonyl (C=O) groups excluding carboxylic acids is 1. The lowest BCUT2D eigenvalue weighted by Gasteiger charge is -2.32. The van der Waals surface area contributed by atoms with Crippen LogP contribution in [-0.4, -0.2) is 22.2 Å². The number of nitrogens with zero attached hydrogens (tertiary/aromatic N) is 1. The zero-order valence-electron chi connectivity index (χ0n) is 10.7. The maximum absolute atomic E-state index is 11.9. The highest BCUT2D eigenvalue weighted by Gasteiger charge is 2.36. The normalized spacial score (nSPS) is 20.6. The van der Waals surface area contributed by atoms with Crippen molar-refractivity contribution >= 4 is 29.3 Å². The Balaban J connectivity index is 2.27. The second-order valence-corrected chi connectivity index (χ2v) is 6.79. The molecule has 1 N–H and O–H groups in total. The highest BCUT2D eigenvalue weighted by Crippen LogP contribution is 2.40. The molecule has 0 radical (unpaired) electrons. The van der Waals surface area contributed by atoms with Gasteiger partial charge in [-0.2, -0.15) is 0 Å². The van der Waals surface area contributed by atoms with Crippen LogP contribution in [0.5, 0.6) is 0 Å². The molecule has 1 aromatic rings. The summed E-state index contributed by atoms with van der Waals surface area (Å²) in [5, 5.41) is 2.35. The van der Waals surface area contributed by atoms with Crippen LogP contribution in [0.3, 0.4) is 0 Å². The number of halogens is 1. The fourth-order valence-electron chi connectivity index (χ4n) is 1.81. The molecule has 1 heterocycles. The highest BCUT2D eigenvalue weighted by atomic mass is 35.5. The van der Waals surface area contributed by atoms with Crippen LogP contribution in [0.1, 0.15) is 31.7 Å². The first-order valence-corrected chi connectivity index (χ1v) is 7.27. The third kappa shape index (κ3) is 2.99. The summed E-state index contributed by atoms with van der Waals surface area (Å²) in [6, 6.07) is 7.67. The highest BCUT2D eigenvalue weighted by molar-refractivity contribution is 8.00. The van der Waals surface area contributed by atoms with Crippen molar-refractivity contribution in [3.8, 4) is 0 Å². The Labute approximate surface area is 117 Å². The number of carbonyl (C=O) groups is 1. The van der Waals surface area contributed by atoms with E-state index >= 15 is 0 Å². The minimum Gasteiger partial charge on any atom is -0.272 e. The fraction of sp³-hybridized carbons (Fsp3) is 0.462. The van der Waals surface area contributed by atoms with Crippen molar-refractivity contribution in [2.75, 3.05) is 5.75 Å². The first kappa shape index (κ1) is 13.7. The number of hydrogen-bond donors (Lipinski definition) is 1. The van der Waals surface area contributed by atoms with E-state index in [1.165, 1.54) is 0 Å². The summed E-state index contributed by atoms with van der Waals surface area (Å²) >= 11 is 7.81. The van der Waals surface area contributed by atoms with Gasteiger partial charge in [-0.05, 0) is 26.8 Å². The topological polar surface area (TPSA) is 32.3 Å². The van der Waals surface area contributed by atoms with Gasteiger partial charge in [-0.25, -0.2) is 5.43 Å². The number of hydrazine groups is 1. The van der Waals surface area contributed by atoms with Crippen molar-refractivity contribution in [1.29, 1.82) is 0 Å². The predicted molar refractivity (Wildman–Crippen MR) is 76.4 cm³/mol. The lowest BCUT2D eigenvalue weighted by molar-refractivity contribution is -0.132. The van der Waals surface area contributed by atoms with Crippen LogP contribution >= 0.6 is 23.4 Å². The van der Waals surface area contributed by atoms with E-state index in [2.05, 4.69) is 5.43 Å². The minimum absolute atomic E-state index is 0.0505. The monoisotopic (exact) mass is 284 g/mol. The summed E-state index contributed by atoms with van der Waals surface area (Å²) in [6.07, 6.45) is 0. The van der Waals surface area contributed by atoms with Gasteiger partial charge in [0.1, 0.15) is 5.37 Å². The summed E-state index contributed by atoms with van der Waals surface area (Å²) in [7, 11) is 0. The van der Waals surface area contributed by atoms with E-state index in [0.29, 0.717) is 10.8 Å². The Kier molecular flexibility index (Phi) is 3.90. The van der Waals surface area contributed by atoms with E-state index < -0.39 is 0 Å². The molecule has 0 bridgehead atoms. The SMILES string of the molecule is CC(C)(C)NN1C(=O)CSC1c1ccccc1Cl. The van der Waals surface area contributed by atoms with Crippen LogP contribution in [0.2, 0.25) is 5.02 Å². The lowest BCUT2D eigenvalue weighted by atomic mass is 10.1. The van der Waals surface area contributed by atoms with Crippen LogP contribution in [0, 0.1) is 0 Å². The van der Waals surface area contributed by atoms with Gasteiger partial charge in [-0.1, -0.05) is 29.8 Å². The number of rotatable bonds is 2. The van der Waals surface area contributed by atoms with E-state index in [1.807, 2.05) is 45.0 Å². The molecule has 1 fully saturated rings. The molecule has 1 atom stereocenters. The van der Waals surface area contributed by atoms with Crippen LogP contribution in [0.4, 0.5) is 0 Å². The summed E-state index contributed by atoms with van der Waals surface area (Å²) < 4.78 is 0. The first-order valence-electron chi connectivity index (χ1n) is 5.84. The van der Waals surface area contributed by atoms with Crippen molar-refractivity contribution in [2.24, 2.45) is 0 Å². The molecule has 98 valence electrons. The number of hydrogen-bond acceptors (Lipinski definition) is 3. The van der Waals surface area contributed by atoms with Crippen LogP contribution in [-0.2, 0) is 4.79 Å². The maximum atomic E-state index is 11.9. The summed E-state index contributed by atoms with van der Waals surface area (Å²) in [4.78, 5) is 11.9. The van der Waals surface area contributed by atoms with Crippen molar-refractivity contribution in [1.82, 2.24) is 10.4 Å². The lowest BCUT2D eigenvalue weighted by Crippen LogP contribution is -2.50. The molecule has 0 spiro atoms. The van der Waals surface area contributed by atoms with Crippen molar-refractivity contribution in [2.45, 2.75) is 31.7 Å². The molecule has 1 aromatic carbocycles. The number of benzene rings is 1. The number of amides is 1. The third-order valence-corrected chi connectivity index (χ3v) is 4.03. The van der Waals surface area contributed by atoms with Crippen LogP contribution in [0.15, 0.2) is 24.3 Å². The average molecular weight is 285 g/mol. The number of nitrogens with one attached hydrogen (secondary N) is 1.